The Hall–Kier alpha value is -4.11. The van der Waals surface area contributed by atoms with Crippen molar-refractivity contribution >= 4 is 29.0 Å². The minimum absolute atomic E-state index is 0.506. The van der Waals surface area contributed by atoms with Crippen molar-refractivity contribution in [1.82, 2.24) is 30.2 Å². The van der Waals surface area contributed by atoms with Crippen LogP contribution in [0.1, 0.15) is 11.4 Å². The van der Waals surface area contributed by atoms with Gasteiger partial charge in [0.25, 0.3) is 0 Å². The van der Waals surface area contributed by atoms with Gasteiger partial charge in [-0.05, 0) is 56.3 Å². The van der Waals surface area contributed by atoms with Gasteiger partial charge in [0, 0.05) is 61.2 Å². The third-order valence-corrected chi connectivity index (χ3v) is 5.49. The highest BCUT2D eigenvalue weighted by atomic mass is 15.2. The van der Waals surface area contributed by atoms with E-state index in [0.717, 1.165) is 48.9 Å². The van der Waals surface area contributed by atoms with Gasteiger partial charge >= 0.3 is 0 Å². The summed E-state index contributed by atoms with van der Waals surface area (Å²) in [6.45, 7) is 7.96. The third-order valence-electron chi connectivity index (χ3n) is 5.49. The zero-order valence-electron chi connectivity index (χ0n) is 19.3. The van der Waals surface area contributed by atoms with Crippen LogP contribution in [0.3, 0.4) is 0 Å². The first kappa shape index (κ1) is 21.7. The second kappa shape index (κ2) is 9.80. The number of hydrogen-bond acceptors (Lipinski definition) is 9. The number of aromatic nitrogens is 5. The van der Waals surface area contributed by atoms with Crippen molar-refractivity contribution in [2.75, 3.05) is 41.7 Å². The van der Waals surface area contributed by atoms with Crippen molar-refractivity contribution in [3.8, 4) is 11.5 Å². The van der Waals surface area contributed by atoms with Gasteiger partial charge in [0.05, 0.1) is 0 Å². The molecule has 0 aliphatic carbocycles. The fourth-order valence-corrected chi connectivity index (χ4v) is 3.84. The van der Waals surface area contributed by atoms with E-state index in [-0.39, 0.29) is 0 Å². The lowest BCUT2D eigenvalue weighted by Crippen LogP contribution is -2.43. The summed E-state index contributed by atoms with van der Waals surface area (Å²) < 4.78 is 0. The Kier molecular flexibility index (Phi) is 6.26. The minimum atomic E-state index is 0.506. The second-order valence-corrected chi connectivity index (χ2v) is 8.18. The molecule has 0 saturated carbocycles. The number of rotatable bonds is 6. The molecule has 3 N–H and O–H groups in total. The van der Waals surface area contributed by atoms with Gasteiger partial charge in [0.1, 0.15) is 17.3 Å². The van der Waals surface area contributed by atoms with E-state index in [0.29, 0.717) is 23.4 Å². The second-order valence-electron chi connectivity index (χ2n) is 8.18. The summed E-state index contributed by atoms with van der Waals surface area (Å²) in [6, 6.07) is 17.9. The molecule has 1 aliphatic rings. The molecule has 0 bridgehead atoms. The molecule has 172 valence electrons. The summed E-state index contributed by atoms with van der Waals surface area (Å²) in [6.07, 6.45) is 1.71. The van der Waals surface area contributed by atoms with Gasteiger partial charge in [0.2, 0.25) is 5.95 Å². The Morgan fingerprint density at radius 1 is 0.794 bits per heavy atom. The molecule has 0 atom stereocenters. The number of pyridine rings is 1. The van der Waals surface area contributed by atoms with Crippen molar-refractivity contribution < 1.29 is 0 Å². The molecule has 34 heavy (non-hydrogen) atoms. The number of aryl methyl sites for hydroxylation is 2. The van der Waals surface area contributed by atoms with Crippen LogP contribution in [0.5, 0.6) is 0 Å². The SMILES string of the molecule is Cc1cccc(-c2nc(C)cc(Nc3ccnc(Nc4ccc(N5CCNCC5)cc4)n3)n2)n1. The van der Waals surface area contributed by atoms with Gasteiger partial charge in [-0.1, -0.05) is 6.07 Å². The molecule has 1 aromatic carbocycles. The lowest BCUT2D eigenvalue weighted by molar-refractivity contribution is 0.589. The first-order valence-corrected chi connectivity index (χ1v) is 11.3. The van der Waals surface area contributed by atoms with Crippen molar-refractivity contribution in [3.63, 3.8) is 0 Å². The van der Waals surface area contributed by atoms with Crippen LogP contribution in [-0.4, -0.2) is 51.1 Å². The predicted molar refractivity (Wildman–Crippen MR) is 135 cm³/mol. The summed E-state index contributed by atoms with van der Waals surface area (Å²) in [7, 11) is 0. The Morgan fingerprint density at radius 3 is 2.41 bits per heavy atom. The predicted octanol–water partition coefficient (Wildman–Crippen LogP) is 3.84. The van der Waals surface area contributed by atoms with E-state index in [4.69, 9.17) is 0 Å². The number of piperazine rings is 1. The van der Waals surface area contributed by atoms with Crippen LogP contribution in [0.4, 0.5) is 29.0 Å². The summed E-state index contributed by atoms with van der Waals surface area (Å²) in [5.74, 6) is 2.36. The zero-order chi connectivity index (χ0) is 23.3. The highest BCUT2D eigenvalue weighted by molar-refractivity contribution is 5.62. The van der Waals surface area contributed by atoms with Crippen LogP contribution in [0.25, 0.3) is 11.5 Å². The van der Waals surface area contributed by atoms with Gasteiger partial charge in [-0.15, -0.1) is 0 Å². The van der Waals surface area contributed by atoms with Gasteiger partial charge in [-0.2, -0.15) is 4.98 Å². The monoisotopic (exact) mass is 453 g/mol. The van der Waals surface area contributed by atoms with Crippen LogP contribution in [0.2, 0.25) is 0 Å². The molecule has 9 nitrogen and oxygen atoms in total. The lowest BCUT2D eigenvalue weighted by atomic mass is 10.2. The molecule has 1 aliphatic heterocycles. The van der Waals surface area contributed by atoms with E-state index in [1.165, 1.54) is 5.69 Å². The van der Waals surface area contributed by atoms with Crippen LogP contribution in [0, 0.1) is 13.8 Å². The van der Waals surface area contributed by atoms with Crippen LogP contribution < -0.4 is 20.9 Å². The number of nitrogens with zero attached hydrogens (tertiary/aromatic N) is 6. The first-order chi connectivity index (χ1) is 16.6. The number of benzene rings is 1. The Morgan fingerprint density at radius 2 is 1.62 bits per heavy atom. The van der Waals surface area contributed by atoms with Crippen LogP contribution >= 0.6 is 0 Å². The molecule has 9 heteroatoms. The van der Waals surface area contributed by atoms with Gasteiger partial charge in [-0.3, -0.25) is 0 Å². The van der Waals surface area contributed by atoms with Gasteiger partial charge in [-0.25, -0.2) is 19.9 Å². The molecule has 5 rings (SSSR count). The molecule has 0 amide bonds. The fraction of sp³-hybridized carbons (Fsp3) is 0.240. The van der Waals surface area contributed by atoms with E-state index < -0.39 is 0 Å². The number of anilines is 5. The zero-order valence-corrected chi connectivity index (χ0v) is 19.3. The Labute approximate surface area is 198 Å². The summed E-state index contributed by atoms with van der Waals surface area (Å²) >= 11 is 0. The van der Waals surface area contributed by atoms with Crippen molar-refractivity contribution in [3.05, 3.63) is 72.2 Å². The van der Waals surface area contributed by atoms with E-state index >= 15 is 0 Å². The minimum Gasteiger partial charge on any atom is -0.369 e. The lowest BCUT2D eigenvalue weighted by Gasteiger charge is -2.29. The molecular formula is C25H27N9. The normalized spacial score (nSPS) is 13.5. The van der Waals surface area contributed by atoms with Crippen LogP contribution in [0.15, 0.2) is 60.8 Å². The van der Waals surface area contributed by atoms with E-state index in [1.54, 1.807) is 12.3 Å². The van der Waals surface area contributed by atoms with E-state index in [1.807, 2.05) is 38.1 Å². The van der Waals surface area contributed by atoms with Crippen LogP contribution in [-0.2, 0) is 0 Å². The standard InChI is InChI=1S/C25H27N9/c1-17-4-3-5-21(28-17)24-29-18(2)16-23(32-24)31-22-10-11-27-25(33-22)30-19-6-8-20(9-7-19)34-14-12-26-13-15-34/h3-11,16,26H,12-15H2,1-2H3,(H2,27,29,30,31,32,33). The highest BCUT2D eigenvalue weighted by Crippen LogP contribution is 2.22. The topological polar surface area (TPSA) is 104 Å². The average molecular weight is 454 g/mol. The summed E-state index contributed by atoms with van der Waals surface area (Å²) in [5, 5.41) is 9.92. The largest absolute Gasteiger partial charge is 0.369 e. The number of hydrogen-bond donors (Lipinski definition) is 3. The molecular weight excluding hydrogens is 426 g/mol. The number of nitrogens with one attached hydrogen (secondary N) is 3. The Balaban J connectivity index is 1.30. The highest BCUT2D eigenvalue weighted by Gasteiger charge is 2.11. The maximum absolute atomic E-state index is 4.63. The van der Waals surface area contributed by atoms with Crippen molar-refractivity contribution in [1.29, 1.82) is 0 Å². The molecule has 3 aromatic heterocycles. The van der Waals surface area contributed by atoms with E-state index in [2.05, 4.69) is 70.0 Å². The van der Waals surface area contributed by atoms with Gasteiger partial charge in [0.15, 0.2) is 5.82 Å². The molecule has 0 radical (unpaired) electrons. The third kappa shape index (κ3) is 5.26. The molecule has 0 unspecified atom stereocenters. The van der Waals surface area contributed by atoms with Crippen molar-refractivity contribution in [2.24, 2.45) is 0 Å². The average Bonchev–Trinajstić information content (AvgIpc) is 2.85. The summed E-state index contributed by atoms with van der Waals surface area (Å²) in [5.41, 5.74) is 4.65. The van der Waals surface area contributed by atoms with E-state index in [9.17, 15) is 0 Å². The quantitative estimate of drug-likeness (QED) is 0.402. The maximum atomic E-state index is 4.63. The molecule has 4 aromatic rings. The molecule has 4 heterocycles. The molecule has 1 saturated heterocycles. The fourth-order valence-electron chi connectivity index (χ4n) is 3.84. The molecule has 1 fully saturated rings. The van der Waals surface area contributed by atoms with Gasteiger partial charge < -0.3 is 20.9 Å². The first-order valence-electron chi connectivity index (χ1n) is 11.3. The Bertz CT molecular complexity index is 1270. The molecule has 0 spiro atoms. The smallest absolute Gasteiger partial charge is 0.229 e. The maximum Gasteiger partial charge on any atom is 0.229 e. The summed E-state index contributed by atoms with van der Waals surface area (Å²) in [4.78, 5) is 25.0. The van der Waals surface area contributed by atoms with Crippen molar-refractivity contribution in [2.45, 2.75) is 13.8 Å².